The van der Waals surface area contributed by atoms with Crippen molar-refractivity contribution in [3.05, 3.63) is 64.7 Å². The number of halogens is 1. The van der Waals surface area contributed by atoms with E-state index in [1.807, 2.05) is 53.4 Å². The minimum Gasteiger partial charge on any atom is -0.461 e. The molecule has 3 fully saturated rings. The molecule has 35 heavy (non-hydrogen) atoms. The van der Waals surface area contributed by atoms with Crippen molar-refractivity contribution >= 4 is 35.2 Å². The maximum absolute atomic E-state index is 13.1. The van der Waals surface area contributed by atoms with Gasteiger partial charge < -0.3 is 19.1 Å². The van der Waals surface area contributed by atoms with Crippen molar-refractivity contribution in [3.63, 3.8) is 0 Å². The normalized spacial score (nSPS) is 30.4. The minimum atomic E-state index is -0.613. The van der Waals surface area contributed by atoms with Gasteiger partial charge in [0.2, 0.25) is 0 Å². The maximum Gasteiger partial charge on any atom is 0.254 e. The van der Waals surface area contributed by atoms with E-state index in [0.717, 1.165) is 48.8 Å². The summed E-state index contributed by atoms with van der Waals surface area (Å²) < 4.78 is 17.8. The molecule has 4 aliphatic rings. The maximum atomic E-state index is 13.1. The number of benzene rings is 2. The number of carbonyl (C=O) groups is 1. The highest BCUT2D eigenvalue weighted by Gasteiger charge is 2.47. The number of hydrogen-bond donors (Lipinski definition) is 0. The van der Waals surface area contributed by atoms with E-state index >= 15 is 0 Å². The summed E-state index contributed by atoms with van der Waals surface area (Å²) in [6.45, 7) is 4.92. The van der Waals surface area contributed by atoms with Crippen molar-refractivity contribution in [2.45, 2.75) is 54.2 Å². The number of thioether (sulfide) groups is 1. The molecule has 2 aromatic carbocycles. The van der Waals surface area contributed by atoms with Gasteiger partial charge in [0.1, 0.15) is 6.04 Å². The fourth-order valence-corrected chi connectivity index (χ4v) is 6.77. The van der Waals surface area contributed by atoms with Gasteiger partial charge in [0.15, 0.2) is 10.8 Å². The van der Waals surface area contributed by atoms with Crippen LogP contribution in [0.1, 0.15) is 48.1 Å². The molecule has 0 spiro atoms. The van der Waals surface area contributed by atoms with E-state index in [0.29, 0.717) is 23.7 Å². The van der Waals surface area contributed by atoms with Crippen LogP contribution in [0.15, 0.2) is 58.4 Å². The molecule has 0 N–H and O–H groups in total. The first-order valence-electron chi connectivity index (χ1n) is 12.3. The van der Waals surface area contributed by atoms with Crippen molar-refractivity contribution in [2.24, 2.45) is 10.9 Å². The van der Waals surface area contributed by atoms with E-state index in [-0.39, 0.29) is 30.0 Å². The molecule has 4 heterocycles. The lowest BCUT2D eigenvalue weighted by atomic mass is 10.00. The predicted octanol–water partition coefficient (Wildman–Crippen LogP) is 5.36. The lowest BCUT2D eigenvalue weighted by Crippen LogP contribution is -2.41. The van der Waals surface area contributed by atoms with Gasteiger partial charge in [-0.3, -0.25) is 4.79 Å². The Kier molecular flexibility index (Phi) is 6.29. The van der Waals surface area contributed by atoms with Gasteiger partial charge in [-0.25, -0.2) is 4.99 Å². The third-order valence-corrected chi connectivity index (χ3v) is 8.87. The molecular weight excluding hydrogens is 484 g/mol. The topological polar surface area (TPSA) is 60.4 Å². The third kappa shape index (κ3) is 4.59. The number of aliphatic imine (C=N–C) groups is 1. The van der Waals surface area contributed by atoms with Crippen LogP contribution in [0.5, 0.6) is 0 Å². The van der Waals surface area contributed by atoms with E-state index in [1.165, 1.54) is 0 Å². The van der Waals surface area contributed by atoms with Gasteiger partial charge in [-0.1, -0.05) is 35.5 Å². The summed E-state index contributed by atoms with van der Waals surface area (Å²) in [7, 11) is 0. The highest BCUT2D eigenvalue weighted by molar-refractivity contribution is 8.00. The summed E-state index contributed by atoms with van der Waals surface area (Å²) in [6, 6.07) is 15.8. The molecule has 1 amide bonds. The van der Waals surface area contributed by atoms with Crippen molar-refractivity contribution in [2.75, 3.05) is 26.4 Å². The SMILES string of the molecule is CC1(Sc2ccc(Cl)cc2)OC(C2CCOCC2)=NC1c1ccc(C(=O)N2CC3CC2CO3)cc1. The van der Waals surface area contributed by atoms with E-state index in [4.69, 9.17) is 30.8 Å². The number of hydrogen-bond acceptors (Lipinski definition) is 6. The van der Waals surface area contributed by atoms with Gasteiger partial charge in [-0.2, -0.15) is 0 Å². The molecule has 4 aliphatic heterocycles. The van der Waals surface area contributed by atoms with Crippen LogP contribution >= 0.6 is 23.4 Å². The second kappa shape index (κ2) is 9.43. The Bertz CT molecular complexity index is 1120. The number of amides is 1. The van der Waals surface area contributed by atoms with Gasteiger partial charge in [0.05, 0.1) is 18.8 Å². The van der Waals surface area contributed by atoms with Gasteiger partial charge in [0, 0.05) is 41.2 Å². The molecule has 8 heteroatoms. The zero-order valence-electron chi connectivity index (χ0n) is 19.7. The molecule has 4 unspecified atom stereocenters. The first kappa shape index (κ1) is 23.3. The Morgan fingerprint density at radius 2 is 1.86 bits per heavy atom. The van der Waals surface area contributed by atoms with Gasteiger partial charge in [-0.15, -0.1) is 0 Å². The molecule has 2 aromatic rings. The van der Waals surface area contributed by atoms with E-state index in [2.05, 4.69) is 6.92 Å². The Hall–Kier alpha value is -2.06. The number of fused-ring (bicyclic) bond motifs is 2. The Morgan fingerprint density at radius 1 is 1.11 bits per heavy atom. The molecular formula is C27H29ClN2O4S. The summed E-state index contributed by atoms with van der Waals surface area (Å²) >= 11 is 7.76. The van der Waals surface area contributed by atoms with Crippen LogP contribution in [0, 0.1) is 5.92 Å². The monoisotopic (exact) mass is 512 g/mol. The zero-order chi connectivity index (χ0) is 24.0. The van der Waals surface area contributed by atoms with Gasteiger partial charge in [-0.05, 0) is 68.1 Å². The number of ether oxygens (including phenoxy) is 3. The Balaban J connectivity index is 1.26. The smallest absolute Gasteiger partial charge is 0.254 e. The lowest BCUT2D eigenvalue weighted by Gasteiger charge is -2.31. The number of rotatable bonds is 5. The summed E-state index contributed by atoms with van der Waals surface area (Å²) in [5.74, 6) is 1.17. The standard InChI is InChI=1S/C27H29ClN2O4S/c1-27(35-23-8-6-20(28)7-9-23)24(29-25(34-27)18-10-12-32-13-11-18)17-2-4-19(5-3-17)26(31)30-15-22-14-21(30)16-33-22/h2-9,18,21-22,24H,10-16H2,1H3. The minimum absolute atomic E-state index is 0.0831. The summed E-state index contributed by atoms with van der Waals surface area (Å²) in [6.07, 6.45) is 2.99. The van der Waals surface area contributed by atoms with Crippen LogP contribution in [0.3, 0.4) is 0 Å². The van der Waals surface area contributed by atoms with Crippen LogP contribution in [0.2, 0.25) is 5.02 Å². The largest absolute Gasteiger partial charge is 0.461 e. The summed E-state index contributed by atoms with van der Waals surface area (Å²) in [4.78, 5) is 20.6. The second-order valence-corrected chi connectivity index (χ2v) is 11.8. The van der Waals surface area contributed by atoms with Gasteiger partial charge in [0.25, 0.3) is 5.91 Å². The summed E-state index contributed by atoms with van der Waals surface area (Å²) in [5, 5.41) is 0.709. The average molecular weight is 513 g/mol. The first-order chi connectivity index (χ1) is 17.0. The van der Waals surface area contributed by atoms with Crippen LogP contribution < -0.4 is 0 Å². The molecule has 0 radical (unpaired) electrons. The van der Waals surface area contributed by atoms with Crippen LogP contribution in [0.25, 0.3) is 0 Å². The van der Waals surface area contributed by atoms with E-state index in [9.17, 15) is 4.79 Å². The number of nitrogens with zero attached hydrogens (tertiary/aromatic N) is 2. The van der Waals surface area contributed by atoms with E-state index in [1.54, 1.807) is 11.8 Å². The van der Waals surface area contributed by atoms with Crippen molar-refractivity contribution in [3.8, 4) is 0 Å². The Morgan fingerprint density at radius 3 is 2.51 bits per heavy atom. The van der Waals surface area contributed by atoms with Gasteiger partial charge >= 0.3 is 0 Å². The molecule has 0 saturated carbocycles. The first-order valence-corrected chi connectivity index (χ1v) is 13.5. The molecule has 6 nitrogen and oxygen atoms in total. The molecule has 3 saturated heterocycles. The van der Waals surface area contributed by atoms with Crippen molar-refractivity contribution in [1.82, 2.24) is 4.90 Å². The fraction of sp³-hybridized carbons (Fsp3) is 0.481. The molecule has 0 aromatic heterocycles. The highest BCUT2D eigenvalue weighted by Crippen LogP contribution is 2.50. The second-order valence-electron chi connectivity index (χ2n) is 9.85. The Labute approximate surface area is 215 Å². The molecule has 184 valence electrons. The van der Waals surface area contributed by atoms with Crippen LogP contribution in [-0.2, 0) is 14.2 Å². The van der Waals surface area contributed by atoms with Crippen LogP contribution in [-0.4, -0.2) is 60.1 Å². The third-order valence-electron chi connectivity index (χ3n) is 7.40. The van der Waals surface area contributed by atoms with Crippen LogP contribution in [0.4, 0.5) is 0 Å². The predicted molar refractivity (Wildman–Crippen MR) is 136 cm³/mol. The van der Waals surface area contributed by atoms with E-state index < -0.39 is 4.93 Å². The number of carbonyl (C=O) groups excluding carboxylic acids is 1. The molecule has 0 aliphatic carbocycles. The lowest BCUT2D eigenvalue weighted by molar-refractivity contribution is 0.0259. The molecule has 4 atom stereocenters. The molecule has 6 rings (SSSR count). The zero-order valence-corrected chi connectivity index (χ0v) is 21.3. The number of likely N-dealkylation sites (tertiary alicyclic amines) is 1. The molecule has 2 bridgehead atoms. The highest BCUT2D eigenvalue weighted by atomic mass is 35.5. The fourth-order valence-electron chi connectivity index (χ4n) is 5.48. The quantitative estimate of drug-likeness (QED) is 0.540. The van der Waals surface area contributed by atoms with Crippen molar-refractivity contribution < 1.29 is 19.0 Å². The van der Waals surface area contributed by atoms with Crippen molar-refractivity contribution in [1.29, 1.82) is 0 Å². The summed E-state index contributed by atoms with van der Waals surface area (Å²) in [5.41, 5.74) is 1.75. The number of morpholine rings is 1. The average Bonchev–Trinajstić information content (AvgIpc) is 3.61.